The molecule has 1 aromatic rings. The summed E-state index contributed by atoms with van der Waals surface area (Å²) in [6.45, 7) is 0.735. The topological polar surface area (TPSA) is 128 Å². The van der Waals surface area contributed by atoms with Gasteiger partial charge in [0.25, 0.3) is 0 Å². The van der Waals surface area contributed by atoms with Gasteiger partial charge in [0, 0.05) is 6.20 Å². The molecule has 0 spiro atoms. The average molecular weight is 348 g/mol. The zero-order chi connectivity index (χ0) is 15.1. The average Bonchev–Trinajstić information content (AvgIpc) is 2.64. The van der Waals surface area contributed by atoms with E-state index in [9.17, 15) is 19.8 Å². The van der Waals surface area contributed by atoms with Crippen LogP contribution in [0, 0.1) is 0 Å². The lowest BCUT2D eigenvalue weighted by atomic mass is 10.0. The Balaban J connectivity index is 2.62. The zero-order valence-electron chi connectivity index (χ0n) is 10.6. The molecule has 0 bridgehead atoms. The normalized spacial score (nSPS) is 33.3. The first-order valence-electron chi connectivity index (χ1n) is 5.82. The monoisotopic (exact) mass is 347 g/mol. The van der Waals surface area contributed by atoms with Gasteiger partial charge < -0.3 is 20.7 Å². The van der Waals surface area contributed by atoms with Crippen molar-refractivity contribution in [2.45, 2.75) is 29.7 Å². The number of ether oxygens (including phenoxy) is 1. The first kappa shape index (κ1) is 15.1. The predicted octanol–water partition coefficient (Wildman–Crippen LogP) is -1.42. The molecule has 1 aliphatic rings. The Morgan fingerprint density at radius 3 is 2.80 bits per heavy atom. The van der Waals surface area contributed by atoms with Crippen LogP contribution >= 0.6 is 15.9 Å². The lowest BCUT2D eigenvalue weighted by molar-refractivity contribution is -0.159. The highest BCUT2D eigenvalue weighted by molar-refractivity contribution is 9.09. The van der Waals surface area contributed by atoms with E-state index in [2.05, 4.69) is 20.9 Å². The third-order valence-electron chi connectivity index (χ3n) is 3.25. The molecular formula is C11H14BrN3O5. The number of alkyl halides is 1. The number of aliphatic hydroxyl groups excluding tert-OH is 2. The van der Waals surface area contributed by atoms with E-state index in [1.165, 1.54) is 19.2 Å². The summed E-state index contributed by atoms with van der Waals surface area (Å²) in [5.74, 6) is -0.503. The summed E-state index contributed by atoms with van der Waals surface area (Å²) in [6, 6.07) is 1.34. The van der Waals surface area contributed by atoms with Crippen molar-refractivity contribution in [3.05, 3.63) is 22.7 Å². The van der Waals surface area contributed by atoms with Crippen molar-refractivity contribution in [2.24, 2.45) is 0 Å². The predicted molar refractivity (Wildman–Crippen MR) is 72.2 cm³/mol. The standard InChI is InChI=1S/C11H14BrN3O5/c1-5(17)11(9(12)8(18)6(4-16)20-11)15-3-2-7(13)14-10(15)19/h2-3,6,8-9,16,18H,4H2,1H3,(H2,13,14,19)/t6-,8-,9-,11-/m1/s1. The Hall–Kier alpha value is -1.29. The van der Waals surface area contributed by atoms with Crippen LogP contribution in [0.25, 0.3) is 0 Å². The van der Waals surface area contributed by atoms with Crippen molar-refractivity contribution in [1.29, 1.82) is 0 Å². The maximum Gasteiger partial charge on any atom is 0.352 e. The highest BCUT2D eigenvalue weighted by Gasteiger charge is 2.58. The second-order valence-electron chi connectivity index (χ2n) is 4.49. The largest absolute Gasteiger partial charge is 0.394 e. The summed E-state index contributed by atoms with van der Waals surface area (Å²) in [5.41, 5.74) is 2.85. The quantitative estimate of drug-likeness (QED) is 0.572. The van der Waals surface area contributed by atoms with Gasteiger partial charge in [0.05, 0.1) is 11.4 Å². The van der Waals surface area contributed by atoms with Crippen molar-refractivity contribution in [3.63, 3.8) is 0 Å². The zero-order valence-corrected chi connectivity index (χ0v) is 12.1. The minimum Gasteiger partial charge on any atom is -0.394 e. The molecule has 1 fully saturated rings. The molecule has 2 rings (SSSR count). The molecule has 4 atom stereocenters. The van der Waals surface area contributed by atoms with E-state index in [1.54, 1.807) is 0 Å². The Bertz CT molecular complexity index is 592. The number of hydrogen-bond acceptors (Lipinski definition) is 7. The van der Waals surface area contributed by atoms with Crippen LogP contribution < -0.4 is 11.4 Å². The smallest absolute Gasteiger partial charge is 0.352 e. The second kappa shape index (κ2) is 5.24. The fraction of sp³-hybridized carbons (Fsp3) is 0.545. The van der Waals surface area contributed by atoms with Gasteiger partial charge in [-0.3, -0.25) is 9.36 Å². The maximum absolute atomic E-state index is 12.1. The molecule has 110 valence electrons. The lowest BCUT2D eigenvalue weighted by Gasteiger charge is -2.31. The Morgan fingerprint density at radius 2 is 2.35 bits per heavy atom. The molecule has 4 N–H and O–H groups in total. The molecular weight excluding hydrogens is 334 g/mol. The molecule has 0 amide bonds. The van der Waals surface area contributed by atoms with Crippen LogP contribution in [0.3, 0.4) is 0 Å². The lowest BCUT2D eigenvalue weighted by Crippen LogP contribution is -2.53. The second-order valence-corrected chi connectivity index (χ2v) is 5.48. The van der Waals surface area contributed by atoms with Gasteiger partial charge in [-0.2, -0.15) is 4.98 Å². The molecule has 1 aromatic heterocycles. The molecule has 0 saturated carbocycles. The summed E-state index contributed by atoms with van der Waals surface area (Å²) < 4.78 is 6.44. The number of hydrogen-bond donors (Lipinski definition) is 3. The Kier molecular flexibility index (Phi) is 3.96. The summed E-state index contributed by atoms with van der Waals surface area (Å²) in [6.07, 6.45) is -0.881. The van der Waals surface area contributed by atoms with Crippen LogP contribution in [-0.2, 0) is 15.3 Å². The van der Waals surface area contributed by atoms with Crippen LogP contribution in [0.4, 0.5) is 5.82 Å². The molecule has 0 radical (unpaired) electrons. The van der Waals surface area contributed by atoms with E-state index >= 15 is 0 Å². The molecule has 1 saturated heterocycles. The number of nitrogens with zero attached hydrogens (tertiary/aromatic N) is 2. The number of anilines is 1. The van der Waals surface area contributed by atoms with Gasteiger partial charge in [-0.25, -0.2) is 4.79 Å². The van der Waals surface area contributed by atoms with Crippen molar-refractivity contribution in [1.82, 2.24) is 9.55 Å². The summed E-state index contributed by atoms with van der Waals surface area (Å²) >= 11 is 3.17. The molecule has 0 aliphatic carbocycles. The van der Waals surface area contributed by atoms with Gasteiger partial charge in [-0.1, -0.05) is 15.9 Å². The van der Waals surface area contributed by atoms with E-state index in [0.29, 0.717) is 0 Å². The highest BCUT2D eigenvalue weighted by atomic mass is 79.9. The minimum atomic E-state index is -1.77. The Labute approximate surface area is 122 Å². The third-order valence-corrected chi connectivity index (χ3v) is 4.42. The molecule has 8 nitrogen and oxygen atoms in total. The third kappa shape index (κ3) is 2.06. The number of rotatable bonds is 3. The number of ketones is 1. The molecule has 0 aromatic carbocycles. The van der Waals surface area contributed by atoms with E-state index in [4.69, 9.17) is 10.5 Å². The van der Waals surface area contributed by atoms with Crippen LogP contribution in [0.15, 0.2) is 17.1 Å². The molecule has 0 unspecified atom stereocenters. The van der Waals surface area contributed by atoms with E-state index in [0.717, 1.165) is 4.57 Å². The van der Waals surface area contributed by atoms with Crippen LogP contribution in [0.5, 0.6) is 0 Å². The van der Waals surface area contributed by atoms with Crippen LogP contribution in [-0.4, -0.2) is 49.2 Å². The molecule has 1 aliphatic heterocycles. The minimum absolute atomic E-state index is 0.00771. The number of halogens is 1. The fourth-order valence-corrected chi connectivity index (χ4v) is 3.23. The van der Waals surface area contributed by atoms with Crippen LogP contribution in [0.2, 0.25) is 0 Å². The van der Waals surface area contributed by atoms with Crippen molar-refractivity contribution in [3.8, 4) is 0 Å². The Morgan fingerprint density at radius 1 is 1.70 bits per heavy atom. The number of carbonyl (C=O) groups is 1. The SMILES string of the molecule is CC(=O)[C@@]1(n2ccc(N)nc2=O)O[C@H](CO)[C@@H](O)[C@H]1Br. The number of aliphatic hydroxyl groups is 2. The van der Waals surface area contributed by atoms with Gasteiger partial charge in [0.1, 0.15) is 18.0 Å². The first-order valence-corrected chi connectivity index (χ1v) is 6.73. The van der Waals surface area contributed by atoms with Crippen LogP contribution in [0.1, 0.15) is 6.92 Å². The maximum atomic E-state index is 12.1. The van der Waals surface area contributed by atoms with Gasteiger partial charge in [-0.15, -0.1) is 0 Å². The summed E-state index contributed by atoms with van der Waals surface area (Å²) in [4.78, 5) is 26.6. The number of nitrogen functional groups attached to an aromatic ring is 1. The summed E-state index contributed by atoms with van der Waals surface area (Å²) in [5, 5.41) is 19.2. The summed E-state index contributed by atoms with van der Waals surface area (Å²) in [7, 11) is 0. The molecule has 9 heteroatoms. The number of carbonyl (C=O) groups excluding carboxylic acids is 1. The van der Waals surface area contributed by atoms with E-state index in [1.807, 2.05) is 0 Å². The number of nitrogens with two attached hydrogens (primary N) is 1. The number of Topliss-reactive ketones (excluding diaryl/α,β-unsaturated/α-hetero) is 1. The van der Waals surface area contributed by atoms with Gasteiger partial charge >= 0.3 is 5.69 Å². The van der Waals surface area contributed by atoms with Crippen molar-refractivity contribution >= 4 is 27.5 Å². The van der Waals surface area contributed by atoms with Crippen molar-refractivity contribution in [2.75, 3.05) is 12.3 Å². The van der Waals surface area contributed by atoms with Gasteiger partial charge in [-0.05, 0) is 13.0 Å². The van der Waals surface area contributed by atoms with Crippen molar-refractivity contribution < 1.29 is 19.7 Å². The molecule has 20 heavy (non-hydrogen) atoms. The van der Waals surface area contributed by atoms with Gasteiger partial charge in [0.15, 0.2) is 5.78 Å². The van der Waals surface area contributed by atoms with E-state index < -0.39 is 40.8 Å². The van der Waals surface area contributed by atoms with Gasteiger partial charge in [0.2, 0.25) is 5.72 Å². The molecule has 2 heterocycles. The van der Waals surface area contributed by atoms with E-state index in [-0.39, 0.29) is 5.82 Å². The highest BCUT2D eigenvalue weighted by Crippen LogP contribution is 2.40. The fourth-order valence-electron chi connectivity index (χ4n) is 2.24. The first-order chi connectivity index (χ1) is 9.34. The number of aromatic nitrogens is 2.